The molecule has 0 bridgehead atoms. The number of carbonyl (C=O) groups is 1. The van der Waals surface area contributed by atoms with E-state index in [0.29, 0.717) is 10.8 Å². The molecule has 0 fully saturated rings. The molecule has 2 aromatic rings. The van der Waals surface area contributed by atoms with Crippen molar-refractivity contribution in [2.75, 3.05) is 5.32 Å². The van der Waals surface area contributed by atoms with Crippen LogP contribution in [-0.2, 0) is 4.79 Å². The zero-order chi connectivity index (χ0) is 17.9. The number of nitrogens with one attached hydrogen (secondary N) is 1. The first-order valence-electron chi connectivity index (χ1n) is 6.64. The SMILES string of the molecule is C[C@@H](Oc1ccc([N+](=O)[O-])cc1)C(=O)Nc1c(Cl)cc(Cl)cc1Cl. The van der Waals surface area contributed by atoms with Crippen molar-refractivity contribution in [2.24, 2.45) is 0 Å². The Kier molecular flexibility index (Phi) is 5.88. The lowest BCUT2D eigenvalue weighted by atomic mass is 10.2. The number of halogens is 3. The van der Waals surface area contributed by atoms with Crippen LogP contribution >= 0.6 is 34.8 Å². The fraction of sp³-hybridized carbons (Fsp3) is 0.133. The molecule has 1 N–H and O–H groups in total. The van der Waals surface area contributed by atoms with E-state index in [1.165, 1.54) is 43.3 Å². The van der Waals surface area contributed by atoms with Crippen LogP contribution in [0.5, 0.6) is 5.75 Å². The molecule has 24 heavy (non-hydrogen) atoms. The maximum absolute atomic E-state index is 12.2. The van der Waals surface area contributed by atoms with Crippen molar-refractivity contribution >= 4 is 52.1 Å². The number of anilines is 1. The molecule has 0 heterocycles. The molecule has 0 aromatic heterocycles. The minimum Gasteiger partial charge on any atom is -0.481 e. The van der Waals surface area contributed by atoms with E-state index in [2.05, 4.69) is 5.32 Å². The van der Waals surface area contributed by atoms with Gasteiger partial charge in [-0.25, -0.2) is 0 Å². The van der Waals surface area contributed by atoms with Crippen molar-refractivity contribution < 1.29 is 14.5 Å². The summed E-state index contributed by atoms with van der Waals surface area (Å²) in [6.07, 6.45) is -0.880. The third-order valence-corrected chi connectivity index (χ3v) is 3.80. The average Bonchev–Trinajstić information content (AvgIpc) is 2.51. The number of carbonyl (C=O) groups excluding carboxylic acids is 1. The lowest BCUT2D eigenvalue weighted by molar-refractivity contribution is -0.384. The van der Waals surface area contributed by atoms with Crippen LogP contribution in [0, 0.1) is 10.1 Å². The molecule has 0 saturated heterocycles. The first-order chi connectivity index (χ1) is 11.3. The summed E-state index contributed by atoms with van der Waals surface area (Å²) in [5, 5.41) is 13.9. The molecule has 2 rings (SSSR count). The highest BCUT2D eigenvalue weighted by Gasteiger charge is 2.18. The largest absolute Gasteiger partial charge is 0.481 e. The van der Waals surface area contributed by atoms with Crippen LogP contribution in [0.25, 0.3) is 0 Å². The molecule has 2 aromatic carbocycles. The van der Waals surface area contributed by atoms with Gasteiger partial charge in [-0.05, 0) is 31.2 Å². The Balaban J connectivity index is 2.06. The number of ether oxygens (including phenoxy) is 1. The summed E-state index contributed by atoms with van der Waals surface area (Å²) < 4.78 is 5.44. The van der Waals surface area contributed by atoms with Crippen molar-refractivity contribution in [3.63, 3.8) is 0 Å². The molecule has 0 aliphatic rings. The van der Waals surface area contributed by atoms with E-state index in [9.17, 15) is 14.9 Å². The topological polar surface area (TPSA) is 81.5 Å². The van der Waals surface area contributed by atoms with Gasteiger partial charge in [-0.3, -0.25) is 14.9 Å². The van der Waals surface area contributed by atoms with Crippen LogP contribution in [0.4, 0.5) is 11.4 Å². The quantitative estimate of drug-likeness (QED) is 0.579. The van der Waals surface area contributed by atoms with Crippen molar-refractivity contribution in [2.45, 2.75) is 13.0 Å². The average molecular weight is 390 g/mol. The molecule has 0 saturated carbocycles. The monoisotopic (exact) mass is 388 g/mol. The van der Waals surface area contributed by atoms with Gasteiger partial charge >= 0.3 is 0 Å². The highest BCUT2D eigenvalue weighted by Crippen LogP contribution is 2.33. The number of nitro groups is 1. The number of benzene rings is 2. The van der Waals surface area contributed by atoms with E-state index in [0.717, 1.165) is 0 Å². The molecule has 0 spiro atoms. The number of nitrogens with zero attached hydrogens (tertiary/aromatic N) is 1. The smallest absolute Gasteiger partial charge is 0.269 e. The zero-order valence-electron chi connectivity index (χ0n) is 12.3. The maximum Gasteiger partial charge on any atom is 0.269 e. The lowest BCUT2D eigenvalue weighted by Gasteiger charge is -2.16. The molecule has 1 atom stereocenters. The first-order valence-corrected chi connectivity index (χ1v) is 7.78. The number of non-ortho nitro benzene ring substituents is 1. The molecule has 1 amide bonds. The molecule has 0 aliphatic heterocycles. The Morgan fingerprint density at radius 1 is 1.17 bits per heavy atom. The Morgan fingerprint density at radius 2 is 1.71 bits per heavy atom. The van der Waals surface area contributed by atoms with Crippen LogP contribution in [-0.4, -0.2) is 16.9 Å². The van der Waals surface area contributed by atoms with E-state index < -0.39 is 16.9 Å². The van der Waals surface area contributed by atoms with E-state index in [1.54, 1.807) is 0 Å². The molecule has 6 nitrogen and oxygen atoms in total. The van der Waals surface area contributed by atoms with Crippen LogP contribution in [0.15, 0.2) is 36.4 Å². The van der Waals surface area contributed by atoms with Gasteiger partial charge in [-0.15, -0.1) is 0 Å². The second-order valence-corrected chi connectivity index (χ2v) is 6.00. The van der Waals surface area contributed by atoms with Crippen molar-refractivity contribution in [1.82, 2.24) is 0 Å². The second kappa shape index (κ2) is 7.70. The predicted octanol–water partition coefficient (Wildman–Crippen LogP) is 4.96. The Morgan fingerprint density at radius 3 is 2.21 bits per heavy atom. The third-order valence-electron chi connectivity index (χ3n) is 2.98. The summed E-state index contributed by atoms with van der Waals surface area (Å²) in [5.74, 6) is -0.170. The van der Waals surface area contributed by atoms with Gasteiger partial charge in [0.2, 0.25) is 0 Å². The summed E-state index contributed by atoms with van der Waals surface area (Å²) in [4.78, 5) is 22.3. The fourth-order valence-corrected chi connectivity index (χ4v) is 2.70. The summed E-state index contributed by atoms with van der Waals surface area (Å²) in [6.45, 7) is 1.52. The normalized spacial score (nSPS) is 11.7. The molecule has 0 unspecified atom stereocenters. The van der Waals surface area contributed by atoms with E-state index in [4.69, 9.17) is 39.5 Å². The Labute approximate surface area is 152 Å². The molecule has 0 radical (unpaired) electrons. The minimum atomic E-state index is -0.880. The van der Waals surface area contributed by atoms with Gasteiger partial charge in [-0.2, -0.15) is 0 Å². The highest BCUT2D eigenvalue weighted by molar-refractivity contribution is 6.42. The van der Waals surface area contributed by atoms with Crippen LogP contribution in [0.2, 0.25) is 15.1 Å². The second-order valence-electron chi connectivity index (χ2n) is 4.74. The van der Waals surface area contributed by atoms with Crippen LogP contribution in [0.3, 0.4) is 0 Å². The van der Waals surface area contributed by atoms with Crippen molar-refractivity contribution in [3.8, 4) is 5.75 Å². The number of hydrogen-bond acceptors (Lipinski definition) is 4. The maximum atomic E-state index is 12.2. The van der Waals surface area contributed by atoms with Crippen LogP contribution < -0.4 is 10.1 Å². The molecule has 126 valence electrons. The van der Waals surface area contributed by atoms with Gasteiger partial charge in [0.15, 0.2) is 6.10 Å². The first kappa shape index (κ1) is 18.3. The number of nitro benzene ring substituents is 1. The highest BCUT2D eigenvalue weighted by atomic mass is 35.5. The van der Waals surface area contributed by atoms with Crippen molar-refractivity contribution in [1.29, 1.82) is 0 Å². The predicted molar refractivity (Wildman–Crippen MR) is 93.3 cm³/mol. The Hall–Kier alpha value is -2.02. The number of rotatable bonds is 5. The van der Waals surface area contributed by atoms with Crippen molar-refractivity contribution in [3.05, 3.63) is 61.6 Å². The van der Waals surface area contributed by atoms with Gasteiger partial charge in [0.05, 0.1) is 20.7 Å². The Bertz CT molecular complexity index is 758. The molecule has 9 heteroatoms. The lowest BCUT2D eigenvalue weighted by Crippen LogP contribution is -2.30. The number of hydrogen-bond donors (Lipinski definition) is 1. The van der Waals surface area contributed by atoms with E-state index >= 15 is 0 Å². The van der Waals surface area contributed by atoms with Gasteiger partial charge in [0, 0.05) is 17.2 Å². The van der Waals surface area contributed by atoms with E-state index in [1.807, 2.05) is 0 Å². The summed E-state index contributed by atoms with van der Waals surface area (Å²) >= 11 is 17.8. The molecular weight excluding hydrogens is 379 g/mol. The minimum absolute atomic E-state index is 0.0702. The van der Waals surface area contributed by atoms with Gasteiger partial charge in [-0.1, -0.05) is 34.8 Å². The van der Waals surface area contributed by atoms with Gasteiger partial charge in [0.1, 0.15) is 5.75 Å². The fourth-order valence-electron chi connectivity index (χ4n) is 1.79. The zero-order valence-corrected chi connectivity index (χ0v) is 14.5. The molecule has 0 aliphatic carbocycles. The van der Waals surface area contributed by atoms with Gasteiger partial charge < -0.3 is 10.1 Å². The summed E-state index contributed by atoms with van der Waals surface area (Å²) in [5.41, 5.74) is 0.158. The molecular formula is C15H11Cl3N2O4. The third kappa shape index (κ3) is 4.50. The summed E-state index contributed by atoms with van der Waals surface area (Å²) in [6, 6.07) is 8.28. The van der Waals surface area contributed by atoms with E-state index in [-0.39, 0.29) is 21.4 Å². The van der Waals surface area contributed by atoms with Crippen LogP contribution in [0.1, 0.15) is 6.92 Å². The number of amides is 1. The van der Waals surface area contributed by atoms with Gasteiger partial charge in [0.25, 0.3) is 11.6 Å². The summed E-state index contributed by atoms with van der Waals surface area (Å²) in [7, 11) is 0. The standard InChI is InChI=1S/C15H11Cl3N2O4/c1-8(24-11-4-2-10(3-5-11)20(22)23)15(21)19-14-12(17)6-9(16)7-13(14)18/h2-8H,1H3,(H,19,21)/t8-/m1/s1.